The van der Waals surface area contributed by atoms with E-state index in [0.717, 1.165) is 41.8 Å². The van der Waals surface area contributed by atoms with Gasteiger partial charge in [0, 0.05) is 30.7 Å². The Kier molecular flexibility index (Phi) is 8.95. The number of aromatic nitrogens is 1. The Balaban J connectivity index is 1.37. The van der Waals surface area contributed by atoms with Gasteiger partial charge in [-0.3, -0.25) is 14.6 Å². The van der Waals surface area contributed by atoms with Gasteiger partial charge < -0.3 is 10.1 Å². The Morgan fingerprint density at radius 1 is 0.919 bits per heavy atom. The number of pyridine rings is 1. The first-order chi connectivity index (χ1) is 17.8. The number of amides is 1. The van der Waals surface area contributed by atoms with Crippen LogP contribution in [0.1, 0.15) is 51.3 Å². The lowest BCUT2D eigenvalue weighted by molar-refractivity contribution is -0.142. The van der Waals surface area contributed by atoms with E-state index in [0.29, 0.717) is 12.8 Å². The predicted octanol–water partition coefficient (Wildman–Crippen LogP) is 5.14. The highest BCUT2D eigenvalue weighted by atomic mass is 35.5. The van der Waals surface area contributed by atoms with Crippen molar-refractivity contribution in [2.24, 2.45) is 0 Å². The third kappa shape index (κ3) is 6.96. The zero-order valence-corrected chi connectivity index (χ0v) is 22.1. The number of hydrogen-bond donors (Lipinski definition) is 1. The summed E-state index contributed by atoms with van der Waals surface area (Å²) >= 11 is 12.3. The van der Waals surface area contributed by atoms with Crippen molar-refractivity contribution in [2.45, 2.75) is 51.0 Å². The topological polar surface area (TPSA) is 85.4 Å². The minimum absolute atomic E-state index is 0.0901. The molecule has 0 radical (unpaired) electrons. The van der Waals surface area contributed by atoms with Gasteiger partial charge in [-0.25, -0.2) is 4.79 Å². The van der Waals surface area contributed by atoms with Crippen LogP contribution in [-0.2, 0) is 46.4 Å². The zero-order valence-electron chi connectivity index (χ0n) is 20.6. The number of carbonyl (C=O) groups excluding carboxylic acids is 3. The van der Waals surface area contributed by atoms with Crippen LogP contribution < -0.4 is 5.32 Å². The number of Topliss-reactive ketones (excluding diaryl/α,β-unsaturated/α-hetero) is 1. The molecule has 0 saturated heterocycles. The lowest BCUT2D eigenvalue weighted by atomic mass is 9.95. The Morgan fingerprint density at radius 2 is 1.59 bits per heavy atom. The molecule has 1 aliphatic rings. The molecular formula is C29H28Cl2N2O4. The number of methoxy groups -OCH3 is 1. The van der Waals surface area contributed by atoms with Crippen LogP contribution in [0, 0.1) is 0 Å². The quantitative estimate of drug-likeness (QED) is 0.381. The van der Waals surface area contributed by atoms with E-state index in [4.69, 9.17) is 32.9 Å². The molecule has 3 aromatic rings. The molecule has 8 heteroatoms. The highest BCUT2D eigenvalue weighted by molar-refractivity contribution is 6.39. The summed E-state index contributed by atoms with van der Waals surface area (Å²) in [6.45, 7) is 0. The van der Waals surface area contributed by atoms with Crippen LogP contribution in [-0.4, -0.2) is 35.8 Å². The van der Waals surface area contributed by atoms with Crippen molar-refractivity contribution >= 4 is 40.9 Å². The number of rotatable bonds is 9. The van der Waals surface area contributed by atoms with Crippen LogP contribution in [0.15, 0.2) is 54.6 Å². The van der Waals surface area contributed by atoms with Gasteiger partial charge in [-0.05, 0) is 60.6 Å². The van der Waals surface area contributed by atoms with Crippen LogP contribution in [0.5, 0.6) is 0 Å². The molecule has 1 aliphatic carbocycles. The van der Waals surface area contributed by atoms with Crippen LogP contribution in [0.3, 0.4) is 0 Å². The molecule has 0 fully saturated rings. The molecule has 2 aromatic carbocycles. The standard InChI is InChI=1S/C29H28Cl2N2O4/c1-37-29(36)26(33-28(35)27-23(30)6-4-7-24(27)31)16-19-11-9-18(10-12-19)15-22(34)17-21-14-13-20-5-2-3-8-25(20)32-21/h4,6-7,9-14,26H,2-3,5,8,15-17H2,1H3,(H,33,35). The van der Waals surface area contributed by atoms with Crippen LogP contribution in [0.4, 0.5) is 0 Å². The summed E-state index contributed by atoms with van der Waals surface area (Å²) in [6, 6.07) is 15.3. The fourth-order valence-corrected chi connectivity index (χ4v) is 5.10. The molecule has 1 N–H and O–H groups in total. The van der Waals surface area contributed by atoms with Gasteiger partial charge in [-0.2, -0.15) is 0 Å². The molecule has 1 aromatic heterocycles. The van der Waals surface area contributed by atoms with Crippen molar-refractivity contribution in [3.8, 4) is 0 Å². The van der Waals surface area contributed by atoms with Gasteiger partial charge in [-0.15, -0.1) is 0 Å². The van der Waals surface area contributed by atoms with E-state index in [-0.39, 0.29) is 27.8 Å². The third-order valence-electron chi connectivity index (χ3n) is 6.46. The number of aryl methyl sites for hydroxylation is 2. The third-order valence-corrected chi connectivity index (χ3v) is 7.09. The molecule has 6 nitrogen and oxygen atoms in total. The summed E-state index contributed by atoms with van der Waals surface area (Å²) in [7, 11) is 1.26. The number of fused-ring (bicyclic) bond motifs is 1. The van der Waals surface area contributed by atoms with E-state index >= 15 is 0 Å². The second kappa shape index (κ2) is 12.3. The fraction of sp³-hybridized carbons (Fsp3) is 0.310. The fourth-order valence-electron chi connectivity index (χ4n) is 4.53. The number of hydrogen-bond acceptors (Lipinski definition) is 5. The molecule has 192 valence electrons. The highest BCUT2D eigenvalue weighted by Gasteiger charge is 2.25. The summed E-state index contributed by atoms with van der Waals surface area (Å²) in [5.41, 5.74) is 5.01. The number of esters is 1. The lowest BCUT2D eigenvalue weighted by Gasteiger charge is -2.18. The molecule has 1 amide bonds. The molecule has 1 atom stereocenters. The van der Waals surface area contributed by atoms with Gasteiger partial charge in [0.1, 0.15) is 11.8 Å². The zero-order chi connectivity index (χ0) is 26.4. The average molecular weight is 539 g/mol. The number of benzene rings is 2. The SMILES string of the molecule is COC(=O)C(Cc1ccc(CC(=O)Cc2ccc3c(n2)CCCC3)cc1)NC(=O)c1c(Cl)cccc1Cl. The van der Waals surface area contributed by atoms with E-state index in [1.54, 1.807) is 18.2 Å². The van der Waals surface area contributed by atoms with E-state index in [9.17, 15) is 14.4 Å². The van der Waals surface area contributed by atoms with Gasteiger partial charge in [0.15, 0.2) is 0 Å². The van der Waals surface area contributed by atoms with E-state index in [1.807, 2.05) is 30.3 Å². The maximum atomic E-state index is 12.8. The molecule has 4 rings (SSSR count). The minimum Gasteiger partial charge on any atom is -0.467 e. The Labute approximate surface area is 226 Å². The molecule has 0 aliphatic heterocycles. The first-order valence-electron chi connectivity index (χ1n) is 12.2. The van der Waals surface area contributed by atoms with Crippen molar-refractivity contribution in [2.75, 3.05) is 7.11 Å². The Bertz CT molecular complexity index is 1290. The van der Waals surface area contributed by atoms with E-state index < -0.39 is 17.9 Å². The van der Waals surface area contributed by atoms with Gasteiger partial charge in [0.2, 0.25) is 0 Å². The molecule has 1 unspecified atom stereocenters. The number of carbonyl (C=O) groups is 3. The summed E-state index contributed by atoms with van der Waals surface area (Å²) in [5.74, 6) is -1.07. The van der Waals surface area contributed by atoms with Crippen molar-refractivity contribution < 1.29 is 19.1 Å². The molecule has 37 heavy (non-hydrogen) atoms. The van der Waals surface area contributed by atoms with Crippen LogP contribution >= 0.6 is 23.2 Å². The number of halogens is 2. The number of ether oxygens (including phenoxy) is 1. The Hall–Kier alpha value is -3.22. The molecular weight excluding hydrogens is 511 g/mol. The number of nitrogens with one attached hydrogen (secondary N) is 1. The largest absolute Gasteiger partial charge is 0.467 e. The smallest absolute Gasteiger partial charge is 0.328 e. The normalized spacial score (nSPS) is 13.4. The maximum Gasteiger partial charge on any atom is 0.328 e. The number of nitrogens with zero attached hydrogens (tertiary/aromatic N) is 1. The lowest BCUT2D eigenvalue weighted by Crippen LogP contribution is -2.43. The van der Waals surface area contributed by atoms with E-state index in [1.165, 1.54) is 19.1 Å². The molecule has 0 bridgehead atoms. The summed E-state index contributed by atoms with van der Waals surface area (Å²) in [5, 5.41) is 3.04. The van der Waals surface area contributed by atoms with Crippen molar-refractivity contribution in [1.29, 1.82) is 0 Å². The summed E-state index contributed by atoms with van der Waals surface area (Å²) in [4.78, 5) is 42.5. The first kappa shape index (κ1) is 26.8. The monoisotopic (exact) mass is 538 g/mol. The maximum absolute atomic E-state index is 12.8. The van der Waals surface area contributed by atoms with Crippen LogP contribution in [0.2, 0.25) is 10.0 Å². The highest BCUT2D eigenvalue weighted by Crippen LogP contribution is 2.24. The van der Waals surface area contributed by atoms with Crippen molar-refractivity contribution in [3.63, 3.8) is 0 Å². The molecule has 0 saturated carbocycles. The van der Waals surface area contributed by atoms with E-state index in [2.05, 4.69) is 11.4 Å². The van der Waals surface area contributed by atoms with Crippen LogP contribution in [0.25, 0.3) is 0 Å². The van der Waals surface area contributed by atoms with Crippen molar-refractivity contribution in [3.05, 3.63) is 98.3 Å². The molecule has 0 spiro atoms. The second-order valence-electron chi connectivity index (χ2n) is 9.17. The summed E-state index contributed by atoms with van der Waals surface area (Å²) < 4.78 is 4.88. The Morgan fingerprint density at radius 3 is 2.30 bits per heavy atom. The average Bonchev–Trinajstić information content (AvgIpc) is 2.88. The summed E-state index contributed by atoms with van der Waals surface area (Å²) in [6.07, 6.45) is 5.20. The van der Waals surface area contributed by atoms with Gasteiger partial charge in [-0.1, -0.05) is 59.6 Å². The minimum atomic E-state index is -0.938. The molecule has 1 heterocycles. The second-order valence-corrected chi connectivity index (χ2v) is 9.99. The van der Waals surface area contributed by atoms with Crippen molar-refractivity contribution in [1.82, 2.24) is 10.3 Å². The van der Waals surface area contributed by atoms with Gasteiger partial charge in [0.05, 0.1) is 22.7 Å². The van der Waals surface area contributed by atoms with Gasteiger partial charge in [0.25, 0.3) is 5.91 Å². The van der Waals surface area contributed by atoms with Gasteiger partial charge >= 0.3 is 5.97 Å². The predicted molar refractivity (Wildman–Crippen MR) is 143 cm³/mol. The number of ketones is 1. The first-order valence-corrected chi connectivity index (χ1v) is 13.0.